The highest BCUT2D eigenvalue weighted by molar-refractivity contribution is 7.20. The molecule has 0 atom stereocenters. The highest BCUT2D eigenvalue weighted by Crippen LogP contribution is 2.28. The first-order valence-corrected chi connectivity index (χ1v) is 8.25. The molecule has 2 heterocycles. The van der Waals surface area contributed by atoms with Crippen molar-refractivity contribution >= 4 is 28.4 Å². The number of ether oxygens (including phenoxy) is 1. The lowest BCUT2D eigenvalue weighted by molar-refractivity contribution is -0.385. The quantitative estimate of drug-likeness (QED) is 0.503. The number of hydrogen-bond donors (Lipinski definition) is 0. The molecule has 0 radical (unpaired) electrons. The predicted molar refractivity (Wildman–Crippen MR) is 87.6 cm³/mol. The van der Waals surface area contributed by atoms with Crippen LogP contribution in [0, 0.1) is 17.0 Å². The van der Waals surface area contributed by atoms with Crippen molar-refractivity contribution in [1.29, 1.82) is 0 Å². The third kappa shape index (κ3) is 3.15. The molecule has 2 aromatic heterocycles. The third-order valence-corrected chi connectivity index (χ3v) is 4.97. The molecule has 1 aromatic carbocycles. The molecule has 0 saturated carbocycles. The molecule has 7 heteroatoms. The molecule has 0 spiro atoms. The smallest absolute Gasteiger partial charge is 0.272 e. The summed E-state index contributed by atoms with van der Waals surface area (Å²) in [5, 5.41) is 15.8. The van der Waals surface area contributed by atoms with Crippen molar-refractivity contribution in [3.8, 4) is 15.6 Å². The molecule has 0 aliphatic carbocycles. The van der Waals surface area contributed by atoms with Gasteiger partial charge >= 0.3 is 0 Å². The van der Waals surface area contributed by atoms with E-state index in [1.54, 1.807) is 41.7 Å². The maximum Gasteiger partial charge on any atom is 0.272 e. The molecule has 5 nitrogen and oxygen atoms in total. The Labute approximate surface area is 135 Å². The van der Waals surface area contributed by atoms with Gasteiger partial charge in [0.25, 0.3) is 5.69 Å². The van der Waals surface area contributed by atoms with Gasteiger partial charge in [-0.25, -0.2) is 4.98 Å². The maximum absolute atomic E-state index is 10.8. The number of thiazole rings is 1. The Morgan fingerprint density at radius 3 is 2.86 bits per heavy atom. The van der Waals surface area contributed by atoms with Crippen LogP contribution in [0.25, 0.3) is 9.88 Å². The second-order valence-corrected chi connectivity index (χ2v) is 6.42. The van der Waals surface area contributed by atoms with Crippen molar-refractivity contribution in [2.24, 2.45) is 0 Å². The zero-order valence-electron chi connectivity index (χ0n) is 11.7. The largest absolute Gasteiger partial charge is 0.487 e. The van der Waals surface area contributed by atoms with Gasteiger partial charge in [0.2, 0.25) is 0 Å². The number of aromatic nitrogens is 1. The Hall–Kier alpha value is -2.25. The zero-order valence-corrected chi connectivity index (χ0v) is 13.3. The first-order chi connectivity index (χ1) is 10.6. The molecular weight excluding hydrogens is 320 g/mol. The highest BCUT2D eigenvalue weighted by atomic mass is 32.1. The molecule has 3 aromatic rings. The van der Waals surface area contributed by atoms with E-state index in [4.69, 9.17) is 4.74 Å². The van der Waals surface area contributed by atoms with Crippen LogP contribution in [-0.4, -0.2) is 9.91 Å². The monoisotopic (exact) mass is 332 g/mol. The predicted octanol–water partition coefficient (Wildman–Crippen LogP) is 4.67. The summed E-state index contributed by atoms with van der Waals surface area (Å²) >= 11 is 3.24. The SMILES string of the molecule is Cc1cc(OCc2csc(-c3cccs3)n2)ccc1[N+](=O)[O-]. The van der Waals surface area contributed by atoms with Crippen LogP contribution in [-0.2, 0) is 6.61 Å². The summed E-state index contributed by atoms with van der Waals surface area (Å²) in [5.74, 6) is 0.605. The van der Waals surface area contributed by atoms with Gasteiger partial charge in [-0.15, -0.1) is 22.7 Å². The molecule has 0 unspecified atom stereocenters. The van der Waals surface area contributed by atoms with Gasteiger partial charge in [0.15, 0.2) is 0 Å². The van der Waals surface area contributed by atoms with Gasteiger partial charge in [0, 0.05) is 17.0 Å². The summed E-state index contributed by atoms with van der Waals surface area (Å²) in [5.41, 5.74) is 1.53. The van der Waals surface area contributed by atoms with Crippen molar-refractivity contribution < 1.29 is 9.66 Å². The standard InChI is InChI=1S/C15H12N2O3S2/c1-10-7-12(4-5-13(10)17(18)19)20-8-11-9-22-15(16-11)14-3-2-6-21-14/h2-7,9H,8H2,1H3. The van der Waals surface area contributed by atoms with Crippen molar-refractivity contribution in [3.05, 3.63) is 62.5 Å². The van der Waals surface area contributed by atoms with Gasteiger partial charge in [0.05, 0.1) is 15.5 Å². The summed E-state index contributed by atoms with van der Waals surface area (Å²) in [6, 6.07) is 8.77. The summed E-state index contributed by atoms with van der Waals surface area (Å²) in [6.45, 7) is 2.04. The van der Waals surface area contributed by atoms with E-state index >= 15 is 0 Å². The zero-order chi connectivity index (χ0) is 15.5. The number of benzene rings is 1. The highest BCUT2D eigenvalue weighted by Gasteiger charge is 2.11. The molecule has 112 valence electrons. The van der Waals surface area contributed by atoms with Gasteiger partial charge in [-0.2, -0.15) is 0 Å². The van der Waals surface area contributed by atoms with Crippen molar-refractivity contribution in [2.75, 3.05) is 0 Å². The van der Waals surface area contributed by atoms with E-state index in [-0.39, 0.29) is 5.69 Å². The minimum Gasteiger partial charge on any atom is -0.487 e. The van der Waals surface area contributed by atoms with Gasteiger partial charge in [0.1, 0.15) is 17.4 Å². The lowest BCUT2D eigenvalue weighted by Crippen LogP contribution is -1.97. The topological polar surface area (TPSA) is 65.3 Å². The fraction of sp³-hybridized carbons (Fsp3) is 0.133. The fourth-order valence-corrected chi connectivity index (χ4v) is 3.59. The Bertz CT molecular complexity index is 797. The molecule has 0 bridgehead atoms. The number of aryl methyl sites for hydroxylation is 1. The molecule has 0 N–H and O–H groups in total. The van der Waals surface area contributed by atoms with Crippen LogP contribution < -0.4 is 4.74 Å². The number of thiophene rings is 1. The van der Waals surface area contributed by atoms with Crippen molar-refractivity contribution in [2.45, 2.75) is 13.5 Å². The minimum absolute atomic E-state index is 0.0981. The van der Waals surface area contributed by atoms with Crippen molar-refractivity contribution in [3.63, 3.8) is 0 Å². The Kier molecular flexibility index (Phi) is 4.17. The normalized spacial score (nSPS) is 10.6. The number of nitrogens with zero attached hydrogens (tertiary/aromatic N) is 2. The van der Waals surface area contributed by atoms with E-state index in [0.29, 0.717) is 17.9 Å². The number of nitro groups is 1. The van der Waals surface area contributed by atoms with Gasteiger partial charge in [-0.1, -0.05) is 6.07 Å². The van der Waals surface area contributed by atoms with Crippen LogP contribution in [0.1, 0.15) is 11.3 Å². The summed E-state index contributed by atoms with van der Waals surface area (Å²) in [7, 11) is 0. The summed E-state index contributed by atoms with van der Waals surface area (Å²) in [4.78, 5) is 16.1. The molecule has 0 saturated heterocycles. The van der Waals surface area contributed by atoms with E-state index < -0.39 is 4.92 Å². The molecule has 0 fully saturated rings. The Morgan fingerprint density at radius 2 is 2.18 bits per heavy atom. The van der Waals surface area contributed by atoms with E-state index in [2.05, 4.69) is 4.98 Å². The van der Waals surface area contributed by atoms with E-state index in [9.17, 15) is 10.1 Å². The summed E-state index contributed by atoms with van der Waals surface area (Å²) < 4.78 is 5.66. The first-order valence-electron chi connectivity index (χ1n) is 6.49. The molecule has 0 amide bonds. The average Bonchev–Trinajstić information content (AvgIpc) is 3.16. The average molecular weight is 332 g/mol. The molecule has 0 aliphatic heterocycles. The Morgan fingerprint density at radius 1 is 1.32 bits per heavy atom. The second kappa shape index (κ2) is 6.25. The van der Waals surface area contributed by atoms with E-state index in [1.807, 2.05) is 22.9 Å². The summed E-state index contributed by atoms with van der Waals surface area (Å²) in [6.07, 6.45) is 0. The second-order valence-electron chi connectivity index (χ2n) is 4.62. The lowest BCUT2D eigenvalue weighted by Gasteiger charge is -2.05. The van der Waals surface area contributed by atoms with Crippen LogP contribution >= 0.6 is 22.7 Å². The van der Waals surface area contributed by atoms with Gasteiger partial charge in [-0.05, 0) is 30.5 Å². The minimum atomic E-state index is -0.396. The number of hydrogen-bond acceptors (Lipinski definition) is 6. The number of nitro benzene ring substituents is 1. The Balaban J connectivity index is 1.68. The molecule has 3 rings (SSSR count). The van der Waals surface area contributed by atoms with Crippen LogP contribution in [0.5, 0.6) is 5.75 Å². The fourth-order valence-electron chi connectivity index (χ4n) is 1.97. The van der Waals surface area contributed by atoms with Crippen LogP contribution in [0.15, 0.2) is 41.1 Å². The lowest BCUT2D eigenvalue weighted by atomic mass is 10.2. The number of rotatable bonds is 5. The molecular formula is C15H12N2O3S2. The first kappa shape index (κ1) is 14.7. The third-order valence-electron chi connectivity index (χ3n) is 3.04. The van der Waals surface area contributed by atoms with Crippen LogP contribution in [0.4, 0.5) is 5.69 Å². The van der Waals surface area contributed by atoms with E-state index in [0.717, 1.165) is 15.6 Å². The van der Waals surface area contributed by atoms with E-state index in [1.165, 1.54) is 6.07 Å². The van der Waals surface area contributed by atoms with Gasteiger partial charge in [-0.3, -0.25) is 10.1 Å². The van der Waals surface area contributed by atoms with Gasteiger partial charge < -0.3 is 4.74 Å². The van der Waals surface area contributed by atoms with Crippen LogP contribution in [0.3, 0.4) is 0 Å². The molecule has 0 aliphatic rings. The molecule has 22 heavy (non-hydrogen) atoms. The maximum atomic E-state index is 10.8. The van der Waals surface area contributed by atoms with Crippen LogP contribution in [0.2, 0.25) is 0 Å². The van der Waals surface area contributed by atoms with Crippen molar-refractivity contribution in [1.82, 2.24) is 4.98 Å².